The Hall–Kier alpha value is -1.59. The van der Waals surface area contributed by atoms with Gasteiger partial charge in [0.25, 0.3) is 0 Å². The predicted octanol–water partition coefficient (Wildman–Crippen LogP) is -0.0311. The van der Waals surface area contributed by atoms with Crippen LogP contribution in [0.25, 0.3) is 0 Å². The van der Waals surface area contributed by atoms with E-state index in [4.69, 9.17) is 0 Å². The van der Waals surface area contributed by atoms with Gasteiger partial charge in [-0.2, -0.15) is 0 Å². The van der Waals surface area contributed by atoms with Crippen LogP contribution in [0.3, 0.4) is 0 Å². The van der Waals surface area contributed by atoms with Gasteiger partial charge in [0.1, 0.15) is 12.1 Å². The molecule has 0 saturated carbocycles. The van der Waals surface area contributed by atoms with Crippen LogP contribution in [0, 0.1) is 5.41 Å². The lowest BCUT2D eigenvalue weighted by Gasteiger charge is -2.36. The van der Waals surface area contributed by atoms with E-state index in [1.807, 2.05) is 20.8 Å². The molecule has 0 radical (unpaired) electrons. The number of carbonyl (C=O) groups excluding carboxylic acids is 3. The van der Waals surface area contributed by atoms with Crippen molar-refractivity contribution in [3.05, 3.63) is 0 Å². The van der Waals surface area contributed by atoms with Crippen molar-refractivity contribution in [2.45, 2.75) is 45.7 Å². The summed E-state index contributed by atoms with van der Waals surface area (Å²) in [6.07, 6.45) is 0.357. The van der Waals surface area contributed by atoms with E-state index < -0.39 is 18.1 Å². The van der Waals surface area contributed by atoms with E-state index in [1.165, 1.54) is 7.11 Å². The first-order valence-corrected chi connectivity index (χ1v) is 5.93. The Balaban J connectivity index is 2.60. The average Bonchev–Trinajstić information content (AvgIpc) is 2.27. The van der Waals surface area contributed by atoms with Crippen molar-refractivity contribution in [3.63, 3.8) is 0 Å². The molecular weight excluding hydrogens is 236 g/mol. The summed E-state index contributed by atoms with van der Waals surface area (Å²) in [5.41, 5.74) is -0.340. The van der Waals surface area contributed by atoms with Crippen LogP contribution < -0.4 is 10.6 Å². The third-order valence-electron chi connectivity index (χ3n) is 2.91. The molecule has 0 spiro atoms. The standard InChI is InChI=1S/C12H20N2O4/c1-12(2,3)9-11(17)13-7(10(16)14-9)5-6-8(15)18-4/h7,9H,5-6H2,1-4H3,(H,13,17)(H,14,16)/t7-,9+/m0/s1. The molecule has 2 N–H and O–H groups in total. The maximum Gasteiger partial charge on any atom is 0.305 e. The first kappa shape index (κ1) is 14.5. The third kappa shape index (κ3) is 3.45. The molecule has 2 atom stereocenters. The molecule has 0 aromatic heterocycles. The Morgan fingerprint density at radius 1 is 1.22 bits per heavy atom. The Kier molecular flexibility index (Phi) is 4.32. The van der Waals surface area contributed by atoms with Gasteiger partial charge in [0.2, 0.25) is 11.8 Å². The fourth-order valence-corrected chi connectivity index (χ4v) is 1.81. The molecule has 1 aliphatic rings. The second-order valence-electron chi connectivity index (χ2n) is 5.48. The van der Waals surface area contributed by atoms with Gasteiger partial charge in [-0.05, 0) is 11.8 Å². The molecule has 0 aliphatic carbocycles. The average molecular weight is 256 g/mol. The topological polar surface area (TPSA) is 84.5 Å². The van der Waals surface area contributed by atoms with Crippen LogP contribution in [0.4, 0.5) is 0 Å². The number of methoxy groups -OCH3 is 1. The van der Waals surface area contributed by atoms with Crippen LogP contribution in [-0.2, 0) is 19.1 Å². The van der Waals surface area contributed by atoms with Gasteiger partial charge in [-0.1, -0.05) is 20.8 Å². The summed E-state index contributed by atoms with van der Waals surface area (Å²) in [6.45, 7) is 5.64. The highest BCUT2D eigenvalue weighted by Crippen LogP contribution is 2.22. The molecule has 1 fully saturated rings. The highest BCUT2D eigenvalue weighted by Gasteiger charge is 2.39. The van der Waals surface area contributed by atoms with Gasteiger partial charge in [-0.15, -0.1) is 0 Å². The highest BCUT2D eigenvalue weighted by atomic mass is 16.5. The van der Waals surface area contributed by atoms with Crippen molar-refractivity contribution >= 4 is 17.8 Å². The zero-order chi connectivity index (χ0) is 13.9. The van der Waals surface area contributed by atoms with Gasteiger partial charge in [0, 0.05) is 6.42 Å². The first-order valence-electron chi connectivity index (χ1n) is 5.93. The molecule has 6 heteroatoms. The monoisotopic (exact) mass is 256 g/mol. The Labute approximate surface area is 106 Å². The quantitative estimate of drug-likeness (QED) is 0.694. The second kappa shape index (κ2) is 5.37. The second-order valence-corrected chi connectivity index (χ2v) is 5.48. The molecule has 1 saturated heterocycles. The highest BCUT2D eigenvalue weighted by molar-refractivity contribution is 5.97. The molecule has 1 heterocycles. The van der Waals surface area contributed by atoms with Gasteiger partial charge in [0.05, 0.1) is 7.11 Å². The minimum atomic E-state index is -0.657. The molecule has 18 heavy (non-hydrogen) atoms. The zero-order valence-corrected chi connectivity index (χ0v) is 11.2. The Morgan fingerprint density at radius 3 is 2.33 bits per heavy atom. The summed E-state index contributed by atoms with van der Waals surface area (Å²) in [5, 5.41) is 5.34. The molecule has 1 rings (SSSR count). The fraction of sp³-hybridized carbons (Fsp3) is 0.750. The van der Waals surface area contributed by atoms with Crippen molar-refractivity contribution in [2.24, 2.45) is 5.41 Å². The van der Waals surface area contributed by atoms with Crippen molar-refractivity contribution in [1.82, 2.24) is 10.6 Å². The molecule has 1 aliphatic heterocycles. The smallest absolute Gasteiger partial charge is 0.305 e. The summed E-state index contributed by atoms with van der Waals surface area (Å²) in [5.74, 6) is -0.856. The lowest BCUT2D eigenvalue weighted by Crippen LogP contribution is -2.65. The minimum Gasteiger partial charge on any atom is -0.469 e. The van der Waals surface area contributed by atoms with Gasteiger partial charge >= 0.3 is 5.97 Å². The van der Waals surface area contributed by atoms with E-state index in [0.29, 0.717) is 0 Å². The maximum absolute atomic E-state index is 11.9. The number of nitrogens with one attached hydrogen (secondary N) is 2. The number of hydrogen-bond donors (Lipinski definition) is 2. The van der Waals surface area contributed by atoms with Crippen LogP contribution in [0.15, 0.2) is 0 Å². The molecule has 0 aromatic carbocycles. The number of hydrogen-bond acceptors (Lipinski definition) is 4. The molecule has 0 unspecified atom stereocenters. The number of amides is 2. The molecular formula is C12H20N2O4. The fourth-order valence-electron chi connectivity index (χ4n) is 1.81. The summed E-state index contributed by atoms with van der Waals surface area (Å²) in [4.78, 5) is 34.7. The van der Waals surface area contributed by atoms with Crippen molar-refractivity contribution < 1.29 is 19.1 Å². The van der Waals surface area contributed by atoms with Gasteiger partial charge in [-0.3, -0.25) is 14.4 Å². The van der Waals surface area contributed by atoms with Gasteiger partial charge in [-0.25, -0.2) is 0 Å². The van der Waals surface area contributed by atoms with Crippen LogP contribution in [0.1, 0.15) is 33.6 Å². The van der Waals surface area contributed by atoms with E-state index >= 15 is 0 Å². The summed E-state index contributed by atoms with van der Waals surface area (Å²) >= 11 is 0. The molecule has 0 aromatic rings. The van der Waals surface area contributed by atoms with Crippen LogP contribution >= 0.6 is 0 Å². The van der Waals surface area contributed by atoms with Crippen LogP contribution in [0.2, 0.25) is 0 Å². The number of carbonyl (C=O) groups is 3. The normalized spacial score (nSPS) is 24.2. The first-order chi connectivity index (χ1) is 8.25. The Morgan fingerprint density at radius 2 is 1.83 bits per heavy atom. The lowest BCUT2D eigenvalue weighted by atomic mass is 9.84. The molecule has 2 amide bonds. The number of piperazine rings is 1. The van der Waals surface area contributed by atoms with Crippen LogP contribution in [-0.4, -0.2) is 37.0 Å². The summed E-state index contributed by atoms with van der Waals surface area (Å²) < 4.78 is 4.50. The predicted molar refractivity (Wildman–Crippen MR) is 64.6 cm³/mol. The minimum absolute atomic E-state index is 0.106. The van der Waals surface area contributed by atoms with E-state index in [2.05, 4.69) is 15.4 Å². The van der Waals surface area contributed by atoms with E-state index in [0.717, 1.165) is 0 Å². The maximum atomic E-state index is 11.9. The van der Waals surface area contributed by atoms with E-state index in [-0.39, 0.29) is 30.1 Å². The zero-order valence-electron chi connectivity index (χ0n) is 11.2. The third-order valence-corrected chi connectivity index (χ3v) is 2.91. The largest absolute Gasteiger partial charge is 0.469 e. The van der Waals surface area contributed by atoms with Crippen molar-refractivity contribution in [1.29, 1.82) is 0 Å². The summed E-state index contributed by atoms with van der Waals surface area (Å²) in [6, 6.07) is -1.20. The lowest BCUT2D eigenvalue weighted by molar-refractivity contribution is -0.143. The SMILES string of the molecule is COC(=O)CC[C@@H]1NC(=O)[C@H](C(C)(C)C)NC1=O. The van der Waals surface area contributed by atoms with Gasteiger partial charge in [0.15, 0.2) is 0 Å². The molecule has 6 nitrogen and oxygen atoms in total. The van der Waals surface area contributed by atoms with Crippen molar-refractivity contribution in [3.8, 4) is 0 Å². The molecule has 0 bridgehead atoms. The number of esters is 1. The Bertz CT molecular complexity index is 360. The van der Waals surface area contributed by atoms with E-state index in [1.54, 1.807) is 0 Å². The van der Waals surface area contributed by atoms with Crippen molar-refractivity contribution in [2.75, 3.05) is 7.11 Å². The van der Waals surface area contributed by atoms with Crippen LogP contribution in [0.5, 0.6) is 0 Å². The number of ether oxygens (including phenoxy) is 1. The number of rotatable bonds is 3. The molecule has 102 valence electrons. The summed E-state index contributed by atoms with van der Waals surface area (Å²) in [7, 11) is 1.29. The van der Waals surface area contributed by atoms with Gasteiger partial charge < -0.3 is 15.4 Å². The van der Waals surface area contributed by atoms with E-state index in [9.17, 15) is 14.4 Å².